The van der Waals surface area contributed by atoms with Crippen LogP contribution in [0.3, 0.4) is 0 Å². The molecule has 0 unspecified atom stereocenters. The summed E-state index contributed by atoms with van der Waals surface area (Å²) in [6.07, 6.45) is 0. The Morgan fingerprint density at radius 2 is 1.33 bits per heavy atom. The number of guanidine groups is 1. The molecular formula is C7H9FN8O8. The summed E-state index contributed by atoms with van der Waals surface area (Å²) in [7, 11) is 0. The Morgan fingerprint density at radius 3 is 1.50 bits per heavy atom. The maximum atomic E-state index is 13.3. The maximum absolute atomic E-state index is 13.3. The Morgan fingerprint density at radius 1 is 1.00 bits per heavy atom. The van der Waals surface area contributed by atoms with Crippen molar-refractivity contribution in [3.05, 3.63) is 36.2 Å². The molecule has 9 N–H and O–H groups in total. The Kier molecular flexibility index (Phi) is 6.52. The summed E-state index contributed by atoms with van der Waals surface area (Å²) in [5.41, 5.74) is 1.45. The highest BCUT2D eigenvalue weighted by atomic mass is 19.1. The van der Waals surface area contributed by atoms with Crippen molar-refractivity contribution in [2.75, 3.05) is 0 Å². The van der Waals surface area contributed by atoms with E-state index in [0.717, 1.165) is 0 Å². The summed E-state index contributed by atoms with van der Waals surface area (Å²) in [4.78, 5) is 26.5. The number of rotatable bonds is 3. The summed E-state index contributed by atoms with van der Waals surface area (Å²) in [6.45, 7) is 0. The number of aromatic hydroxyl groups is 2. The van der Waals surface area contributed by atoms with Gasteiger partial charge in [0.2, 0.25) is 5.96 Å². The maximum Gasteiger partial charge on any atom is 0.366 e. The van der Waals surface area contributed by atoms with Crippen molar-refractivity contribution in [2.24, 2.45) is 22.5 Å². The first-order valence-corrected chi connectivity index (χ1v) is 5.21. The summed E-state index contributed by atoms with van der Waals surface area (Å²) < 4.78 is 13.3. The van der Waals surface area contributed by atoms with Gasteiger partial charge in [0.15, 0.2) is 0 Å². The summed E-state index contributed by atoms with van der Waals surface area (Å²) in [5.74, 6) is 3.55. The zero-order chi connectivity index (χ0) is 19.2. The lowest BCUT2D eigenvalue weighted by molar-refractivity contribution is -0.409. The van der Waals surface area contributed by atoms with Crippen LogP contribution in [0.15, 0.2) is 5.10 Å². The van der Waals surface area contributed by atoms with Crippen molar-refractivity contribution in [1.82, 2.24) is 5.43 Å². The molecule has 0 amide bonds. The van der Waals surface area contributed by atoms with Gasteiger partial charge in [0.25, 0.3) is 17.3 Å². The summed E-state index contributed by atoms with van der Waals surface area (Å²) in [5, 5.41) is 52.3. The molecule has 0 aliphatic rings. The minimum absolute atomic E-state index is 0.0231. The lowest BCUT2D eigenvalue weighted by atomic mass is 10.2. The van der Waals surface area contributed by atoms with Crippen LogP contribution in [0.2, 0.25) is 0 Å². The van der Waals surface area contributed by atoms with Gasteiger partial charge in [0.05, 0.1) is 14.8 Å². The first-order valence-electron chi connectivity index (χ1n) is 5.21. The Balaban J connectivity index is 0.000000754. The van der Waals surface area contributed by atoms with Crippen molar-refractivity contribution < 1.29 is 29.4 Å². The molecule has 0 aliphatic heterocycles. The van der Waals surface area contributed by atoms with Crippen LogP contribution < -0.4 is 22.8 Å². The zero-order valence-electron chi connectivity index (χ0n) is 11.2. The highest BCUT2D eigenvalue weighted by Crippen LogP contribution is 2.50. The molecule has 1 rings (SSSR count). The van der Waals surface area contributed by atoms with Crippen molar-refractivity contribution in [3.63, 3.8) is 0 Å². The van der Waals surface area contributed by atoms with E-state index in [9.17, 15) is 34.7 Å². The molecule has 0 aliphatic carbocycles. The van der Waals surface area contributed by atoms with Gasteiger partial charge < -0.3 is 21.8 Å². The molecule has 24 heavy (non-hydrogen) atoms. The fourth-order valence-electron chi connectivity index (χ4n) is 1.20. The number of halogens is 1. The minimum Gasteiger partial charge on any atom is -0.497 e. The van der Waals surface area contributed by atoms with E-state index in [1.165, 1.54) is 0 Å². The third-order valence-corrected chi connectivity index (χ3v) is 2.15. The summed E-state index contributed by atoms with van der Waals surface area (Å²) >= 11 is 0. The third kappa shape index (κ3) is 4.00. The molecule has 0 aromatic heterocycles. The van der Waals surface area contributed by atoms with Gasteiger partial charge in [-0.25, -0.2) is 5.84 Å². The molecular weight excluding hydrogens is 343 g/mol. The van der Waals surface area contributed by atoms with E-state index < -0.39 is 49.1 Å². The molecule has 17 heteroatoms. The van der Waals surface area contributed by atoms with Gasteiger partial charge in [0.1, 0.15) is 0 Å². The zero-order valence-corrected chi connectivity index (χ0v) is 11.2. The van der Waals surface area contributed by atoms with E-state index in [0.29, 0.717) is 0 Å². The molecule has 0 radical (unpaired) electrons. The van der Waals surface area contributed by atoms with E-state index in [4.69, 9.17) is 21.8 Å². The largest absolute Gasteiger partial charge is 0.497 e. The van der Waals surface area contributed by atoms with Gasteiger partial charge in [-0.05, 0) is 0 Å². The number of nitrogens with two attached hydrogens (primary N) is 3. The van der Waals surface area contributed by atoms with Crippen molar-refractivity contribution in [1.29, 1.82) is 0 Å². The van der Waals surface area contributed by atoms with Crippen LogP contribution in [0.4, 0.5) is 21.5 Å². The fourth-order valence-corrected chi connectivity index (χ4v) is 1.20. The molecule has 132 valence electrons. The van der Waals surface area contributed by atoms with Gasteiger partial charge in [-0.2, -0.15) is 4.39 Å². The average molecular weight is 352 g/mol. The molecule has 16 nitrogen and oxygen atoms in total. The van der Waals surface area contributed by atoms with Crippen LogP contribution in [-0.4, -0.2) is 30.9 Å². The molecule has 0 saturated carbocycles. The monoisotopic (exact) mass is 352 g/mol. The SMILES string of the molecule is NN=C(N)NN.O=[N+]([O-])c1c(O)c([N+](=O)[O-])c(F)c([N+](=O)[O-])c1O. The van der Waals surface area contributed by atoms with E-state index >= 15 is 0 Å². The number of hydrogen-bond donors (Lipinski definition) is 6. The number of hydrazone groups is 1. The summed E-state index contributed by atoms with van der Waals surface area (Å²) in [6, 6.07) is 0. The molecule has 1 aromatic carbocycles. The molecule has 0 atom stereocenters. The number of nitro benzene ring substituents is 3. The highest BCUT2D eigenvalue weighted by Gasteiger charge is 2.43. The number of phenolic OH excluding ortho intramolecular Hbond substituents is 2. The smallest absolute Gasteiger partial charge is 0.366 e. The van der Waals surface area contributed by atoms with Crippen molar-refractivity contribution >= 4 is 23.0 Å². The van der Waals surface area contributed by atoms with E-state index in [1.807, 2.05) is 5.43 Å². The van der Waals surface area contributed by atoms with Crippen LogP contribution >= 0.6 is 0 Å². The lowest BCUT2D eigenvalue weighted by Crippen LogP contribution is -2.37. The van der Waals surface area contributed by atoms with Crippen LogP contribution in [0.25, 0.3) is 0 Å². The average Bonchev–Trinajstić information content (AvgIpc) is 2.45. The van der Waals surface area contributed by atoms with Gasteiger partial charge in [-0.3, -0.25) is 35.8 Å². The molecule has 1 aromatic rings. The number of hydrazine groups is 1. The molecule has 0 heterocycles. The predicted molar refractivity (Wildman–Crippen MR) is 72.8 cm³/mol. The standard InChI is InChI=1S/C6H2FN3O8.CH7N5/c7-1-2(8(13)14)5(11)4(10(17)18)6(12)3(1)9(15)16;2-1(5-3)6-4/h11-12H;3-4H2,(H3,2,5,6). The lowest BCUT2D eigenvalue weighted by Gasteiger charge is -2.02. The van der Waals surface area contributed by atoms with Gasteiger partial charge >= 0.3 is 17.1 Å². The molecule has 0 fully saturated rings. The molecule has 0 spiro atoms. The first kappa shape index (κ1) is 20.0. The van der Waals surface area contributed by atoms with Gasteiger partial charge in [-0.15, -0.1) is 5.10 Å². The highest BCUT2D eigenvalue weighted by molar-refractivity contribution is 5.76. The van der Waals surface area contributed by atoms with E-state index in [-0.39, 0.29) is 5.96 Å². The number of hydrogen-bond acceptors (Lipinski definition) is 11. The second-order valence-corrected chi connectivity index (χ2v) is 3.49. The quantitative estimate of drug-likeness (QED) is 0.120. The normalized spacial score (nSPS) is 10.3. The molecule has 0 saturated heterocycles. The van der Waals surface area contributed by atoms with E-state index in [2.05, 4.69) is 10.9 Å². The van der Waals surface area contributed by atoms with Crippen molar-refractivity contribution in [2.45, 2.75) is 0 Å². The predicted octanol–water partition coefficient (Wildman–Crippen LogP) is -1.40. The Bertz CT molecular complexity index is 619. The second kappa shape index (κ2) is 7.84. The van der Waals surface area contributed by atoms with Gasteiger partial charge in [0, 0.05) is 0 Å². The number of benzene rings is 1. The topological polar surface area (TPSA) is 272 Å². The number of nitrogens with zero attached hydrogens (tertiary/aromatic N) is 4. The van der Waals surface area contributed by atoms with Crippen LogP contribution in [0.1, 0.15) is 0 Å². The number of phenols is 2. The van der Waals surface area contributed by atoms with Crippen molar-refractivity contribution in [3.8, 4) is 11.5 Å². The Labute approximate surface area is 129 Å². The van der Waals surface area contributed by atoms with Gasteiger partial charge in [-0.1, -0.05) is 0 Å². The van der Waals surface area contributed by atoms with Crippen LogP contribution in [0.5, 0.6) is 11.5 Å². The van der Waals surface area contributed by atoms with E-state index in [1.54, 1.807) is 0 Å². The minimum atomic E-state index is -2.18. The molecule has 0 bridgehead atoms. The second-order valence-electron chi connectivity index (χ2n) is 3.49. The first-order chi connectivity index (χ1) is 11.0. The fraction of sp³-hybridized carbons (Fsp3) is 0. The third-order valence-electron chi connectivity index (χ3n) is 2.15. The number of nitro groups is 3. The number of nitrogens with one attached hydrogen (secondary N) is 1. The van der Waals surface area contributed by atoms with Crippen LogP contribution in [-0.2, 0) is 0 Å². The Hall–Kier alpha value is -4.02. The van der Waals surface area contributed by atoms with Crippen LogP contribution in [0, 0.1) is 36.2 Å².